The second kappa shape index (κ2) is 4.26. The second-order valence-electron chi connectivity index (χ2n) is 4.74. The van der Waals surface area contributed by atoms with Crippen LogP contribution in [0.1, 0.15) is 18.5 Å². The topological polar surface area (TPSA) is 81.9 Å². The molecule has 1 N–H and O–H groups in total. The van der Waals surface area contributed by atoms with Crippen molar-refractivity contribution in [2.45, 2.75) is 18.9 Å². The summed E-state index contributed by atoms with van der Waals surface area (Å²) in [7, 11) is 0. The van der Waals surface area contributed by atoms with Gasteiger partial charge in [-0.15, -0.1) is 0 Å². The lowest BCUT2D eigenvalue weighted by molar-refractivity contribution is -0.125. The predicted molar refractivity (Wildman–Crippen MR) is 63.6 cm³/mol. The van der Waals surface area contributed by atoms with E-state index >= 15 is 0 Å². The molecule has 6 nitrogen and oxygen atoms in total. The normalized spacial score (nSPS) is 18.9. The summed E-state index contributed by atoms with van der Waals surface area (Å²) in [5, 5.41) is 11.7. The van der Waals surface area contributed by atoms with Crippen LogP contribution in [0.5, 0.6) is 0 Å². The predicted octanol–water partition coefficient (Wildman–Crippen LogP) is 0.0631. The zero-order valence-corrected chi connectivity index (χ0v) is 9.83. The van der Waals surface area contributed by atoms with Gasteiger partial charge in [0.15, 0.2) is 0 Å². The molecule has 0 bridgehead atoms. The number of carbonyl (C=O) groups excluding carboxylic acids is 1. The van der Waals surface area contributed by atoms with Gasteiger partial charge in [0.25, 0.3) is 0 Å². The largest absolute Gasteiger partial charge is 0.353 e. The van der Waals surface area contributed by atoms with Gasteiger partial charge in [0.2, 0.25) is 11.9 Å². The highest BCUT2D eigenvalue weighted by atomic mass is 16.2. The lowest BCUT2D eigenvalue weighted by Crippen LogP contribution is -2.54. The molecule has 92 valence electrons. The Balaban J connectivity index is 1.57. The molecule has 1 aliphatic heterocycles. The van der Waals surface area contributed by atoms with E-state index in [-0.39, 0.29) is 11.8 Å². The van der Waals surface area contributed by atoms with Crippen molar-refractivity contribution >= 4 is 11.9 Å². The molecule has 2 heterocycles. The molecule has 0 atom stereocenters. The van der Waals surface area contributed by atoms with E-state index in [4.69, 9.17) is 5.26 Å². The molecular weight excluding hydrogens is 230 g/mol. The molecule has 1 saturated carbocycles. The number of rotatable bonds is 3. The fourth-order valence-corrected chi connectivity index (χ4v) is 1.92. The van der Waals surface area contributed by atoms with Crippen LogP contribution in [0.15, 0.2) is 12.3 Å². The minimum atomic E-state index is 0.0277. The molecule has 1 aliphatic carbocycles. The van der Waals surface area contributed by atoms with Gasteiger partial charge in [0.1, 0.15) is 11.8 Å². The first kappa shape index (κ1) is 11.0. The smallest absolute Gasteiger partial charge is 0.226 e. The number of anilines is 1. The highest BCUT2D eigenvalue weighted by molar-refractivity contribution is 5.82. The van der Waals surface area contributed by atoms with Gasteiger partial charge < -0.3 is 10.2 Å². The van der Waals surface area contributed by atoms with Gasteiger partial charge in [-0.2, -0.15) is 5.26 Å². The minimum absolute atomic E-state index is 0.0277. The van der Waals surface area contributed by atoms with Gasteiger partial charge in [0, 0.05) is 25.3 Å². The number of aromatic nitrogens is 2. The summed E-state index contributed by atoms with van der Waals surface area (Å²) in [6.45, 7) is 1.26. The maximum absolute atomic E-state index is 11.7. The van der Waals surface area contributed by atoms with Crippen molar-refractivity contribution in [3.63, 3.8) is 0 Å². The van der Waals surface area contributed by atoms with Crippen molar-refractivity contribution in [1.82, 2.24) is 15.3 Å². The molecule has 3 rings (SSSR count). The summed E-state index contributed by atoms with van der Waals surface area (Å²) in [6.07, 6.45) is 3.78. The number of nitrogens with zero attached hydrogens (tertiary/aromatic N) is 4. The zero-order chi connectivity index (χ0) is 12.5. The number of carbonyl (C=O) groups is 1. The van der Waals surface area contributed by atoms with Crippen molar-refractivity contribution in [2.24, 2.45) is 5.92 Å². The number of amides is 1. The second-order valence-corrected chi connectivity index (χ2v) is 4.74. The third-order valence-corrected chi connectivity index (χ3v) is 3.22. The van der Waals surface area contributed by atoms with Crippen LogP contribution in [0.25, 0.3) is 0 Å². The average Bonchev–Trinajstić information content (AvgIpc) is 3.11. The van der Waals surface area contributed by atoms with Crippen LogP contribution in [0, 0.1) is 17.2 Å². The molecule has 18 heavy (non-hydrogen) atoms. The summed E-state index contributed by atoms with van der Waals surface area (Å²) in [6, 6.07) is 3.96. The van der Waals surface area contributed by atoms with Gasteiger partial charge in [-0.05, 0) is 18.9 Å². The third-order valence-electron chi connectivity index (χ3n) is 3.22. The number of hydrogen-bond donors (Lipinski definition) is 1. The zero-order valence-electron chi connectivity index (χ0n) is 9.83. The molecule has 1 aromatic heterocycles. The van der Waals surface area contributed by atoms with Crippen LogP contribution in [0.3, 0.4) is 0 Å². The Labute approximate surface area is 105 Å². The van der Waals surface area contributed by atoms with Crippen LogP contribution < -0.4 is 10.2 Å². The Morgan fingerprint density at radius 3 is 2.94 bits per heavy atom. The maximum Gasteiger partial charge on any atom is 0.226 e. The van der Waals surface area contributed by atoms with Gasteiger partial charge in [0.05, 0.1) is 5.92 Å². The van der Waals surface area contributed by atoms with Gasteiger partial charge >= 0.3 is 0 Å². The Morgan fingerprint density at radius 1 is 1.50 bits per heavy atom. The summed E-state index contributed by atoms with van der Waals surface area (Å²) in [4.78, 5) is 21.9. The third kappa shape index (κ3) is 2.12. The first-order valence-electron chi connectivity index (χ1n) is 6.05. The van der Waals surface area contributed by atoms with Gasteiger partial charge in [-0.3, -0.25) is 4.79 Å². The molecule has 2 aliphatic rings. The van der Waals surface area contributed by atoms with Gasteiger partial charge in [-0.25, -0.2) is 9.97 Å². The van der Waals surface area contributed by atoms with E-state index in [2.05, 4.69) is 15.3 Å². The standard InChI is InChI=1S/C12H13N5O/c13-5-10-3-4-14-12(16-10)17-6-8(7-17)11(18)15-9-1-2-9/h3-4,8-9H,1-2,6-7H2,(H,15,18). The van der Waals surface area contributed by atoms with Crippen LogP contribution >= 0.6 is 0 Å². The summed E-state index contributed by atoms with van der Waals surface area (Å²) < 4.78 is 0. The first-order valence-corrected chi connectivity index (χ1v) is 6.05. The first-order chi connectivity index (χ1) is 8.76. The quantitative estimate of drug-likeness (QED) is 0.812. The molecule has 0 radical (unpaired) electrons. The molecule has 1 aromatic rings. The highest BCUT2D eigenvalue weighted by Crippen LogP contribution is 2.24. The Morgan fingerprint density at radius 2 is 2.28 bits per heavy atom. The van der Waals surface area contributed by atoms with Crippen molar-refractivity contribution in [1.29, 1.82) is 5.26 Å². The summed E-state index contributed by atoms with van der Waals surface area (Å²) in [5.41, 5.74) is 0.353. The lowest BCUT2D eigenvalue weighted by Gasteiger charge is -2.38. The van der Waals surface area contributed by atoms with Crippen molar-refractivity contribution in [3.05, 3.63) is 18.0 Å². The Bertz CT molecular complexity index is 513. The van der Waals surface area contributed by atoms with Crippen LogP contribution in [0.4, 0.5) is 5.95 Å². The number of hydrogen-bond acceptors (Lipinski definition) is 5. The van der Waals surface area contributed by atoms with E-state index in [0.29, 0.717) is 30.8 Å². The molecular formula is C12H13N5O. The maximum atomic E-state index is 11.7. The molecule has 0 unspecified atom stereocenters. The molecule has 1 amide bonds. The Kier molecular flexibility index (Phi) is 2.59. The molecule has 2 fully saturated rings. The molecule has 6 heteroatoms. The minimum Gasteiger partial charge on any atom is -0.353 e. The summed E-state index contributed by atoms with van der Waals surface area (Å²) >= 11 is 0. The van der Waals surface area contributed by atoms with Gasteiger partial charge in [-0.1, -0.05) is 0 Å². The van der Waals surface area contributed by atoms with Crippen LogP contribution in [-0.2, 0) is 4.79 Å². The van der Waals surface area contributed by atoms with Crippen molar-refractivity contribution < 1.29 is 4.79 Å². The van der Waals surface area contributed by atoms with Crippen LogP contribution in [0.2, 0.25) is 0 Å². The average molecular weight is 243 g/mol. The van der Waals surface area contributed by atoms with E-state index in [1.807, 2.05) is 11.0 Å². The van der Waals surface area contributed by atoms with E-state index in [0.717, 1.165) is 12.8 Å². The highest BCUT2D eigenvalue weighted by Gasteiger charge is 2.36. The molecule has 0 spiro atoms. The van der Waals surface area contributed by atoms with Crippen molar-refractivity contribution in [3.8, 4) is 6.07 Å². The fourth-order valence-electron chi connectivity index (χ4n) is 1.92. The molecule has 1 saturated heterocycles. The fraction of sp³-hybridized carbons (Fsp3) is 0.500. The van der Waals surface area contributed by atoms with Crippen LogP contribution in [-0.4, -0.2) is 35.0 Å². The van der Waals surface area contributed by atoms with E-state index < -0.39 is 0 Å². The summed E-state index contributed by atoms with van der Waals surface area (Å²) in [5.74, 6) is 0.689. The van der Waals surface area contributed by atoms with E-state index in [1.165, 1.54) is 0 Å². The SMILES string of the molecule is N#Cc1ccnc(N2CC(C(=O)NC3CC3)C2)n1. The Hall–Kier alpha value is -2.16. The van der Waals surface area contributed by atoms with E-state index in [9.17, 15) is 4.79 Å². The lowest BCUT2D eigenvalue weighted by atomic mass is 10.00. The molecule has 0 aromatic carbocycles. The number of nitriles is 1. The van der Waals surface area contributed by atoms with Crippen molar-refractivity contribution in [2.75, 3.05) is 18.0 Å². The monoisotopic (exact) mass is 243 g/mol. The number of nitrogens with one attached hydrogen (secondary N) is 1. The van der Waals surface area contributed by atoms with E-state index in [1.54, 1.807) is 12.3 Å².